The van der Waals surface area contributed by atoms with Crippen LogP contribution < -0.4 is 5.32 Å². The van der Waals surface area contributed by atoms with E-state index in [2.05, 4.69) is 37.9 Å². The fourth-order valence-electron chi connectivity index (χ4n) is 3.60. The summed E-state index contributed by atoms with van der Waals surface area (Å²) in [7, 11) is 0. The molecule has 2 aliphatic rings. The van der Waals surface area contributed by atoms with Crippen molar-refractivity contribution in [3.63, 3.8) is 0 Å². The molecule has 1 spiro atoms. The molecule has 0 aromatic rings. The molecule has 0 aromatic carbocycles. The molecule has 4 nitrogen and oxygen atoms in total. The molecule has 1 heterocycles. The van der Waals surface area contributed by atoms with E-state index in [0.29, 0.717) is 18.0 Å². The second-order valence-corrected chi connectivity index (χ2v) is 6.62. The maximum atomic E-state index is 12.5. The van der Waals surface area contributed by atoms with Crippen molar-refractivity contribution in [1.82, 2.24) is 15.1 Å². The monoisotopic (exact) mass is 267 g/mol. The number of carbonyl (C=O) groups is 1. The summed E-state index contributed by atoms with van der Waals surface area (Å²) in [6, 6.07) is 1.07. The topological polar surface area (TPSA) is 35.6 Å². The van der Waals surface area contributed by atoms with Crippen molar-refractivity contribution in [1.29, 1.82) is 0 Å². The van der Waals surface area contributed by atoms with Crippen LogP contribution in [0.4, 0.5) is 0 Å². The first kappa shape index (κ1) is 14.8. The molecule has 1 saturated heterocycles. The summed E-state index contributed by atoms with van der Waals surface area (Å²) in [5, 5.41) is 3.47. The van der Waals surface area contributed by atoms with Crippen LogP contribution in [0.3, 0.4) is 0 Å². The molecular formula is C15H29N3O. The fraction of sp³-hybridized carbons (Fsp3) is 0.933. The highest BCUT2D eigenvalue weighted by atomic mass is 16.2. The molecule has 1 saturated carbocycles. The molecule has 4 heteroatoms. The predicted octanol–water partition coefficient (Wildman–Crippen LogP) is 1.81. The van der Waals surface area contributed by atoms with E-state index < -0.39 is 0 Å². The number of hydrogen-bond donors (Lipinski definition) is 1. The first-order valence-corrected chi connectivity index (χ1v) is 7.76. The molecule has 2 rings (SSSR count). The Morgan fingerprint density at radius 1 is 1.21 bits per heavy atom. The molecule has 1 aliphatic carbocycles. The van der Waals surface area contributed by atoms with Crippen LogP contribution in [0.5, 0.6) is 0 Å². The molecule has 0 radical (unpaired) electrons. The van der Waals surface area contributed by atoms with Crippen molar-refractivity contribution < 1.29 is 4.79 Å². The Kier molecular flexibility index (Phi) is 4.51. The normalized spacial score (nSPS) is 22.7. The highest BCUT2D eigenvalue weighted by Gasteiger charge is 2.47. The van der Waals surface area contributed by atoms with Crippen LogP contribution in [0.2, 0.25) is 0 Å². The van der Waals surface area contributed by atoms with Crippen LogP contribution in [0.1, 0.15) is 53.4 Å². The van der Waals surface area contributed by atoms with Gasteiger partial charge >= 0.3 is 0 Å². The third-order valence-corrected chi connectivity index (χ3v) is 4.72. The van der Waals surface area contributed by atoms with Crippen LogP contribution in [-0.2, 0) is 4.79 Å². The van der Waals surface area contributed by atoms with Crippen molar-refractivity contribution >= 4 is 5.91 Å². The lowest BCUT2D eigenvalue weighted by Gasteiger charge is -2.32. The Hall–Kier alpha value is -0.610. The second-order valence-electron chi connectivity index (χ2n) is 6.62. The van der Waals surface area contributed by atoms with Gasteiger partial charge in [0.2, 0.25) is 5.91 Å². The Labute approximate surface area is 117 Å². The van der Waals surface area contributed by atoms with E-state index in [9.17, 15) is 4.79 Å². The highest BCUT2D eigenvalue weighted by Crippen LogP contribution is 2.34. The second kappa shape index (κ2) is 5.80. The van der Waals surface area contributed by atoms with E-state index in [0.717, 1.165) is 32.6 Å². The standard InChI is InChI=1S/C15H29N3O/c1-12(2)18(13(3)4)10-9-17-11-16-15(14(17)19)7-5-6-8-15/h12-13,16H,5-11H2,1-4H3. The van der Waals surface area contributed by atoms with E-state index in [1.54, 1.807) is 0 Å². The van der Waals surface area contributed by atoms with Gasteiger partial charge in [0, 0.05) is 25.2 Å². The SMILES string of the molecule is CC(C)N(CCN1CNC2(CCCC2)C1=O)C(C)C. The molecular weight excluding hydrogens is 238 g/mol. The van der Waals surface area contributed by atoms with Gasteiger partial charge in [-0.15, -0.1) is 0 Å². The minimum absolute atomic E-state index is 0.194. The summed E-state index contributed by atoms with van der Waals surface area (Å²) < 4.78 is 0. The van der Waals surface area contributed by atoms with Crippen molar-refractivity contribution in [2.45, 2.75) is 71.0 Å². The summed E-state index contributed by atoms with van der Waals surface area (Å²) >= 11 is 0. The number of hydrogen-bond acceptors (Lipinski definition) is 3. The smallest absolute Gasteiger partial charge is 0.244 e. The van der Waals surface area contributed by atoms with Crippen LogP contribution in [-0.4, -0.2) is 53.1 Å². The molecule has 2 fully saturated rings. The van der Waals surface area contributed by atoms with Gasteiger partial charge in [0.05, 0.1) is 12.2 Å². The summed E-state index contributed by atoms with van der Waals surface area (Å²) in [5.41, 5.74) is -0.194. The lowest BCUT2D eigenvalue weighted by atomic mass is 9.98. The first-order valence-electron chi connectivity index (χ1n) is 7.76. The van der Waals surface area contributed by atoms with E-state index in [1.165, 1.54) is 12.8 Å². The molecule has 19 heavy (non-hydrogen) atoms. The van der Waals surface area contributed by atoms with E-state index >= 15 is 0 Å². The van der Waals surface area contributed by atoms with Gasteiger partial charge in [0.25, 0.3) is 0 Å². The molecule has 1 aliphatic heterocycles. The molecule has 0 bridgehead atoms. The quantitative estimate of drug-likeness (QED) is 0.825. The van der Waals surface area contributed by atoms with Crippen molar-refractivity contribution in [2.24, 2.45) is 0 Å². The van der Waals surface area contributed by atoms with Crippen molar-refractivity contribution in [3.05, 3.63) is 0 Å². The number of nitrogens with one attached hydrogen (secondary N) is 1. The van der Waals surface area contributed by atoms with Gasteiger partial charge in [-0.1, -0.05) is 12.8 Å². The summed E-state index contributed by atoms with van der Waals surface area (Å²) in [6.07, 6.45) is 4.44. The van der Waals surface area contributed by atoms with E-state index in [1.807, 2.05) is 4.90 Å². The lowest BCUT2D eigenvalue weighted by Crippen LogP contribution is -2.46. The third kappa shape index (κ3) is 2.95. The van der Waals surface area contributed by atoms with Crippen molar-refractivity contribution in [2.75, 3.05) is 19.8 Å². The Balaban J connectivity index is 1.89. The fourth-order valence-corrected chi connectivity index (χ4v) is 3.60. The van der Waals surface area contributed by atoms with E-state index in [-0.39, 0.29) is 5.54 Å². The zero-order valence-electron chi connectivity index (χ0n) is 12.9. The molecule has 0 unspecified atom stereocenters. The van der Waals surface area contributed by atoms with Gasteiger partial charge in [0.1, 0.15) is 0 Å². The highest BCUT2D eigenvalue weighted by molar-refractivity contribution is 5.88. The Morgan fingerprint density at radius 3 is 2.32 bits per heavy atom. The summed E-state index contributed by atoms with van der Waals surface area (Å²) in [5.74, 6) is 0.345. The molecule has 1 amide bonds. The zero-order chi connectivity index (χ0) is 14.0. The maximum absolute atomic E-state index is 12.5. The van der Waals surface area contributed by atoms with Crippen molar-refractivity contribution in [3.8, 4) is 0 Å². The van der Waals surface area contributed by atoms with Crippen LogP contribution >= 0.6 is 0 Å². The van der Waals surface area contributed by atoms with Crippen LogP contribution in [0.15, 0.2) is 0 Å². The van der Waals surface area contributed by atoms with Gasteiger partial charge in [0.15, 0.2) is 0 Å². The average molecular weight is 267 g/mol. The molecule has 0 atom stereocenters. The largest absolute Gasteiger partial charge is 0.327 e. The molecule has 110 valence electrons. The van der Waals surface area contributed by atoms with Gasteiger partial charge in [-0.05, 0) is 40.5 Å². The Bertz CT molecular complexity index is 313. The van der Waals surface area contributed by atoms with Gasteiger partial charge in [-0.25, -0.2) is 0 Å². The number of carbonyl (C=O) groups excluding carboxylic acids is 1. The Morgan fingerprint density at radius 2 is 1.79 bits per heavy atom. The zero-order valence-corrected chi connectivity index (χ0v) is 12.9. The van der Waals surface area contributed by atoms with Crippen LogP contribution in [0.25, 0.3) is 0 Å². The average Bonchev–Trinajstić information content (AvgIpc) is 2.91. The van der Waals surface area contributed by atoms with E-state index in [4.69, 9.17) is 0 Å². The lowest BCUT2D eigenvalue weighted by molar-refractivity contribution is -0.132. The molecule has 0 aromatic heterocycles. The van der Waals surface area contributed by atoms with Gasteiger partial charge < -0.3 is 4.90 Å². The minimum Gasteiger partial charge on any atom is -0.327 e. The maximum Gasteiger partial charge on any atom is 0.244 e. The van der Waals surface area contributed by atoms with Crippen LogP contribution in [0, 0.1) is 0 Å². The predicted molar refractivity (Wildman–Crippen MR) is 77.9 cm³/mol. The third-order valence-electron chi connectivity index (χ3n) is 4.72. The number of rotatable bonds is 5. The molecule has 1 N–H and O–H groups in total. The minimum atomic E-state index is -0.194. The number of amides is 1. The first-order chi connectivity index (χ1) is 8.96. The van der Waals surface area contributed by atoms with Gasteiger partial charge in [-0.3, -0.25) is 15.0 Å². The summed E-state index contributed by atoms with van der Waals surface area (Å²) in [6.45, 7) is 11.5. The summed E-state index contributed by atoms with van der Waals surface area (Å²) in [4.78, 5) is 17.0. The number of nitrogens with zero attached hydrogens (tertiary/aromatic N) is 2. The van der Waals surface area contributed by atoms with Gasteiger partial charge in [-0.2, -0.15) is 0 Å².